The number of hydrogen-bond donors (Lipinski definition) is 2. The Bertz CT molecular complexity index is 80.6. The molecule has 3 heteroatoms. The molecular formula is C9H22N2O. The molecule has 0 aliphatic carbocycles. The monoisotopic (exact) mass is 174 g/mol. The molecule has 74 valence electrons. The van der Waals surface area contributed by atoms with E-state index in [9.17, 15) is 0 Å². The Morgan fingerprint density at radius 1 is 1.42 bits per heavy atom. The van der Waals surface area contributed by atoms with Crippen LogP contribution in [0, 0.1) is 0 Å². The second kappa shape index (κ2) is 8.97. The van der Waals surface area contributed by atoms with E-state index in [-0.39, 0.29) is 0 Å². The van der Waals surface area contributed by atoms with E-state index in [4.69, 9.17) is 4.74 Å². The van der Waals surface area contributed by atoms with E-state index in [0.717, 1.165) is 32.8 Å². The summed E-state index contributed by atoms with van der Waals surface area (Å²) in [5, 5.41) is 6.32. The molecule has 1 fully saturated rings. The van der Waals surface area contributed by atoms with Gasteiger partial charge in [0.15, 0.2) is 0 Å². The summed E-state index contributed by atoms with van der Waals surface area (Å²) >= 11 is 0. The fourth-order valence-electron chi connectivity index (χ4n) is 0.947. The maximum Gasteiger partial charge on any atom is 0.0672 e. The first-order chi connectivity index (χ1) is 5.81. The molecule has 0 saturated carbocycles. The lowest BCUT2D eigenvalue weighted by Gasteiger charge is -2.18. The van der Waals surface area contributed by atoms with Crippen molar-refractivity contribution < 1.29 is 4.74 Å². The fraction of sp³-hybridized carbons (Fsp3) is 1.00. The normalized spacial score (nSPS) is 22.8. The van der Waals surface area contributed by atoms with Crippen LogP contribution < -0.4 is 10.6 Å². The molecule has 0 amide bonds. The third-order valence-electron chi connectivity index (χ3n) is 1.61. The number of nitrogens with one attached hydrogen (secondary N) is 2. The summed E-state index contributed by atoms with van der Waals surface area (Å²) in [4.78, 5) is 0. The van der Waals surface area contributed by atoms with Crippen molar-refractivity contribution >= 4 is 0 Å². The molecule has 3 nitrogen and oxygen atoms in total. The van der Waals surface area contributed by atoms with Crippen molar-refractivity contribution in [3.63, 3.8) is 0 Å². The third-order valence-corrected chi connectivity index (χ3v) is 1.61. The number of ether oxygens (including phenoxy) is 1. The Morgan fingerprint density at radius 2 is 2.08 bits per heavy atom. The highest BCUT2D eigenvalue weighted by molar-refractivity contribution is 4.59. The summed E-state index contributed by atoms with van der Waals surface area (Å²) < 4.78 is 5.22. The Balaban J connectivity index is 0.000000217. The third kappa shape index (κ3) is 7.98. The van der Waals surface area contributed by atoms with Gasteiger partial charge in [0.25, 0.3) is 0 Å². The van der Waals surface area contributed by atoms with Gasteiger partial charge in [-0.05, 0) is 20.0 Å². The van der Waals surface area contributed by atoms with Crippen LogP contribution in [0.25, 0.3) is 0 Å². The second-order valence-electron chi connectivity index (χ2n) is 2.84. The summed E-state index contributed by atoms with van der Waals surface area (Å²) in [6.07, 6.45) is 0.425. The Hall–Kier alpha value is -0.120. The maximum atomic E-state index is 5.22. The van der Waals surface area contributed by atoms with Crippen LogP contribution in [0.5, 0.6) is 0 Å². The first kappa shape index (κ1) is 11.9. The van der Waals surface area contributed by atoms with E-state index in [0.29, 0.717) is 6.10 Å². The molecule has 1 rings (SSSR count). The molecule has 0 radical (unpaired) electrons. The smallest absolute Gasteiger partial charge is 0.0672 e. The molecule has 1 saturated heterocycles. The molecule has 0 spiro atoms. The van der Waals surface area contributed by atoms with Crippen molar-refractivity contribution in [1.82, 2.24) is 10.6 Å². The summed E-state index contributed by atoms with van der Waals surface area (Å²) in [5.41, 5.74) is 0. The van der Waals surface area contributed by atoms with E-state index in [2.05, 4.69) is 31.4 Å². The van der Waals surface area contributed by atoms with Gasteiger partial charge in [0, 0.05) is 13.1 Å². The zero-order valence-electron chi connectivity index (χ0n) is 8.52. The van der Waals surface area contributed by atoms with Gasteiger partial charge in [0.2, 0.25) is 0 Å². The van der Waals surface area contributed by atoms with Crippen LogP contribution in [-0.4, -0.2) is 38.9 Å². The SMILES string of the molecule is CC1CNCCO1.CCNCC. The van der Waals surface area contributed by atoms with Gasteiger partial charge in [-0.1, -0.05) is 13.8 Å². The highest BCUT2D eigenvalue weighted by Crippen LogP contribution is 1.91. The zero-order chi connectivity index (χ0) is 9.23. The van der Waals surface area contributed by atoms with Crippen LogP contribution in [0.2, 0.25) is 0 Å². The van der Waals surface area contributed by atoms with Crippen LogP contribution in [0.3, 0.4) is 0 Å². The Morgan fingerprint density at radius 3 is 2.25 bits per heavy atom. The molecule has 1 atom stereocenters. The van der Waals surface area contributed by atoms with Gasteiger partial charge in [-0.15, -0.1) is 0 Å². The fourth-order valence-corrected chi connectivity index (χ4v) is 0.947. The minimum absolute atomic E-state index is 0.425. The topological polar surface area (TPSA) is 33.3 Å². The van der Waals surface area contributed by atoms with E-state index < -0.39 is 0 Å². The molecule has 1 aliphatic heterocycles. The Labute approximate surface area is 75.9 Å². The number of hydrogen-bond acceptors (Lipinski definition) is 3. The van der Waals surface area contributed by atoms with E-state index >= 15 is 0 Å². The summed E-state index contributed by atoms with van der Waals surface area (Å²) in [7, 11) is 0. The molecule has 0 aromatic rings. The molecule has 0 aromatic heterocycles. The molecule has 1 heterocycles. The minimum atomic E-state index is 0.425. The standard InChI is InChI=1S/C5H11NO.C4H11N/c1-5-4-6-2-3-7-5;1-3-5-4-2/h5-6H,2-4H2,1H3;5H,3-4H2,1-2H3. The van der Waals surface area contributed by atoms with Crippen LogP contribution in [0.15, 0.2) is 0 Å². The minimum Gasteiger partial charge on any atom is -0.376 e. The van der Waals surface area contributed by atoms with Gasteiger partial charge >= 0.3 is 0 Å². The lowest BCUT2D eigenvalue weighted by atomic mass is 10.3. The quantitative estimate of drug-likeness (QED) is 0.643. The van der Waals surface area contributed by atoms with Crippen LogP contribution in [-0.2, 0) is 4.74 Å². The van der Waals surface area contributed by atoms with Gasteiger partial charge in [0.1, 0.15) is 0 Å². The maximum absolute atomic E-state index is 5.22. The highest BCUT2D eigenvalue weighted by Gasteiger charge is 2.04. The van der Waals surface area contributed by atoms with Gasteiger partial charge in [0.05, 0.1) is 12.7 Å². The molecule has 0 bridgehead atoms. The lowest BCUT2D eigenvalue weighted by molar-refractivity contribution is 0.0410. The average Bonchev–Trinajstić information content (AvgIpc) is 2.08. The molecule has 0 aromatic carbocycles. The number of rotatable bonds is 2. The van der Waals surface area contributed by atoms with Crippen molar-refractivity contribution in [3.8, 4) is 0 Å². The van der Waals surface area contributed by atoms with Gasteiger partial charge in [-0.25, -0.2) is 0 Å². The lowest BCUT2D eigenvalue weighted by Crippen LogP contribution is -2.36. The van der Waals surface area contributed by atoms with E-state index in [1.165, 1.54) is 0 Å². The highest BCUT2D eigenvalue weighted by atomic mass is 16.5. The van der Waals surface area contributed by atoms with Crippen molar-refractivity contribution in [2.75, 3.05) is 32.8 Å². The van der Waals surface area contributed by atoms with Crippen molar-refractivity contribution in [2.45, 2.75) is 26.9 Å². The first-order valence-corrected chi connectivity index (χ1v) is 4.84. The van der Waals surface area contributed by atoms with Gasteiger partial charge < -0.3 is 15.4 Å². The molecular weight excluding hydrogens is 152 g/mol. The molecule has 12 heavy (non-hydrogen) atoms. The summed E-state index contributed by atoms with van der Waals surface area (Å²) in [5.74, 6) is 0. The van der Waals surface area contributed by atoms with Crippen LogP contribution in [0.1, 0.15) is 20.8 Å². The second-order valence-corrected chi connectivity index (χ2v) is 2.84. The number of morpholine rings is 1. The van der Waals surface area contributed by atoms with E-state index in [1.54, 1.807) is 0 Å². The van der Waals surface area contributed by atoms with Crippen molar-refractivity contribution in [1.29, 1.82) is 0 Å². The summed E-state index contributed by atoms with van der Waals surface area (Å²) in [6.45, 7) is 11.4. The Kier molecular flexibility index (Phi) is 8.88. The zero-order valence-corrected chi connectivity index (χ0v) is 8.52. The largest absolute Gasteiger partial charge is 0.376 e. The molecule has 1 unspecified atom stereocenters. The van der Waals surface area contributed by atoms with E-state index in [1.807, 2.05) is 0 Å². The first-order valence-electron chi connectivity index (χ1n) is 4.84. The predicted octanol–water partition coefficient (Wildman–Crippen LogP) is 0.610. The van der Waals surface area contributed by atoms with Gasteiger partial charge in [-0.3, -0.25) is 0 Å². The molecule has 2 N–H and O–H groups in total. The van der Waals surface area contributed by atoms with Crippen molar-refractivity contribution in [2.24, 2.45) is 0 Å². The molecule has 1 aliphatic rings. The van der Waals surface area contributed by atoms with Crippen molar-refractivity contribution in [3.05, 3.63) is 0 Å². The van der Waals surface area contributed by atoms with Crippen LogP contribution in [0.4, 0.5) is 0 Å². The van der Waals surface area contributed by atoms with Crippen LogP contribution >= 0.6 is 0 Å². The van der Waals surface area contributed by atoms with Gasteiger partial charge in [-0.2, -0.15) is 0 Å². The predicted molar refractivity (Wildman–Crippen MR) is 52.5 cm³/mol. The average molecular weight is 174 g/mol. The summed E-state index contributed by atoms with van der Waals surface area (Å²) in [6, 6.07) is 0.